The van der Waals surface area contributed by atoms with Crippen LogP contribution in [0.25, 0.3) is 11.2 Å². The lowest BCUT2D eigenvalue weighted by Crippen LogP contribution is -2.37. The van der Waals surface area contributed by atoms with E-state index < -0.39 is 0 Å². The van der Waals surface area contributed by atoms with Crippen molar-refractivity contribution in [2.45, 2.75) is 18.0 Å². The fourth-order valence-electron chi connectivity index (χ4n) is 2.96. The van der Waals surface area contributed by atoms with Gasteiger partial charge in [-0.15, -0.1) is 0 Å². The SMILES string of the molecule is Cn1c(=O)c2nc(SCCN3CCCC3)n(C)c2n(C)c1=O. The number of aryl methyl sites for hydroxylation is 2. The van der Waals surface area contributed by atoms with E-state index in [2.05, 4.69) is 9.88 Å². The van der Waals surface area contributed by atoms with E-state index in [4.69, 9.17) is 0 Å². The summed E-state index contributed by atoms with van der Waals surface area (Å²) in [6.45, 7) is 3.39. The van der Waals surface area contributed by atoms with Crippen molar-refractivity contribution >= 4 is 22.9 Å². The number of likely N-dealkylation sites (tertiary alicyclic amines) is 1. The molecule has 1 aliphatic heterocycles. The Morgan fingerprint density at radius 1 is 1.05 bits per heavy atom. The van der Waals surface area contributed by atoms with Crippen LogP contribution < -0.4 is 11.2 Å². The summed E-state index contributed by atoms with van der Waals surface area (Å²) in [7, 11) is 5.01. The number of rotatable bonds is 4. The first-order valence-electron chi connectivity index (χ1n) is 7.48. The third-order valence-electron chi connectivity index (χ3n) is 4.26. The fourth-order valence-corrected chi connectivity index (χ4v) is 3.93. The van der Waals surface area contributed by atoms with Crippen LogP contribution in [0.5, 0.6) is 0 Å². The summed E-state index contributed by atoms with van der Waals surface area (Å²) in [4.78, 5) is 31.1. The van der Waals surface area contributed by atoms with E-state index >= 15 is 0 Å². The maximum absolute atomic E-state index is 12.2. The van der Waals surface area contributed by atoms with Crippen LogP contribution in [0.3, 0.4) is 0 Å². The van der Waals surface area contributed by atoms with Crippen molar-refractivity contribution in [2.75, 3.05) is 25.4 Å². The molecule has 0 atom stereocenters. The molecule has 120 valence electrons. The highest BCUT2D eigenvalue weighted by molar-refractivity contribution is 7.99. The van der Waals surface area contributed by atoms with Crippen LogP contribution in [0.2, 0.25) is 0 Å². The first kappa shape index (κ1) is 15.4. The normalized spacial score (nSPS) is 16.0. The monoisotopic (exact) mass is 323 g/mol. The number of fused-ring (bicyclic) bond motifs is 1. The molecule has 7 nitrogen and oxygen atoms in total. The lowest BCUT2D eigenvalue weighted by atomic mass is 10.4. The van der Waals surface area contributed by atoms with Crippen molar-refractivity contribution in [3.8, 4) is 0 Å². The van der Waals surface area contributed by atoms with Gasteiger partial charge >= 0.3 is 5.69 Å². The molecule has 2 aromatic rings. The smallest absolute Gasteiger partial charge is 0.308 e. The summed E-state index contributed by atoms with van der Waals surface area (Å²) in [5.74, 6) is 0.936. The van der Waals surface area contributed by atoms with Crippen LogP contribution in [0.15, 0.2) is 14.7 Å². The summed E-state index contributed by atoms with van der Waals surface area (Å²) in [6.07, 6.45) is 2.57. The third-order valence-corrected chi connectivity index (χ3v) is 5.27. The van der Waals surface area contributed by atoms with Crippen LogP contribution in [0.1, 0.15) is 12.8 Å². The Balaban J connectivity index is 1.89. The van der Waals surface area contributed by atoms with Gasteiger partial charge < -0.3 is 9.47 Å². The van der Waals surface area contributed by atoms with E-state index in [1.165, 1.54) is 37.5 Å². The minimum atomic E-state index is -0.333. The molecule has 0 saturated carbocycles. The second-order valence-corrected chi connectivity index (χ2v) is 6.79. The van der Waals surface area contributed by atoms with Crippen LogP contribution in [0, 0.1) is 0 Å². The zero-order valence-corrected chi connectivity index (χ0v) is 14.0. The maximum atomic E-state index is 12.2. The first-order chi connectivity index (χ1) is 10.5. The van der Waals surface area contributed by atoms with Crippen LogP contribution in [-0.4, -0.2) is 49.0 Å². The molecule has 2 aromatic heterocycles. The highest BCUT2D eigenvalue weighted by atomic mass is 32.2. The Bertz CT molecular complexity index is 813. The topological polar surface area (TPSA) is 65.1 Å². The zero-order chi connectivity index (χ0) is 15.9. The van der Waals surface area contributed by atoms with Gasteiger partial charge in [-0.2, -0.15) is 0 Å². The van der Waals surface area contributed by atoms with Gasteiger partial charge in [-0.25, -0.2) is 9.78 Å². The zero-order valence-electron chi connectivity index (χ0n) is 13.2. The second kappa shape index (κ2) is 5.92. The van der Waals surface area contributed by atoms with E-state index in [-0.39, 0.29) is 11.2 Å². The Hall–Kier alpha value is -1.54. The number of hydrogen-bond acceptors (Lipinski definition) is 5. The van der Waals surface area contributed by atoms with E-state index in [1.54, 1.807) is 18.8 Å². The Labute approximate surface area is 132 Å². The van der Waals surface area contributed by atoms with Crippen molar-refractivity contribution in [1.82, 2.24) is 23.6 Å². The van der Waals surface area contributed by atoms with E-state index in [0.29, 0.717) is 11.2 Å². The van der Waals surface area contributed by atoms with Crippen LogP contribution >= 0.6 is 11.8 Å². The third kappa shape index (κ3) is 2.50. The van der Waals surface area contributed by atoms with Gasteiger partial charge in [-0.3, -0.25) is 13.9 Å². The van der Waals surface area contributed by atoms with Gasteiger partial charge in [0.1, 0.15) is 0 Å². The van der Waals surface area contributed by atoms with Gasteiger partial charge in [0.2, 0.25) is 0 Å². The van der Waals surface area contributed by atoms with Crippen molar-refractivity contribution in [3.05, 3.63) is 20.8 Å². The molecule has 0 amide bonds. The molecule has 1 saturated heterocycles. The van der Waals surface area contributed by atoms with E-state index in [0.717, 1.165) is 22.0 Å². The standard InChI is InChI=1S/C14H21N5O2S/c1-16-11-10(12(20)18(3)14(21)17(11)2)15-13(16)22-9-8-19-6-4-5-7-19/h4-9H2,1-3H3. The van der Waals surface area contributed by atoms with Crippen molar-refractivity contribution in [2.24, 2.45) is 21.1 Å². The highest BCUT2D eigenvalue weighted by Crippen LogP contribution is 2.20. The summed E-state index contributed by atoms with van der Waals surface area (Å²) in [5.41, 5.74) is 0.279. The minimum Gasteiger partial charge on any atom is -0.308 e. The van der Waals surface area contributed by atoms with Crippen molar-refractivity contribution < 1.29 is 0 Å². The van der Waals surface area contributed by atoms with E-state index in [9.17, 15) is 9.59 Å². The fraction of sp³-hybridized carbons (Fsp3) is 0.643. The number of aromatic nitrogens is 4. The summed E-state index contributed by atoms with van der Waals surface area (Å²) in [6, 6.07) is 0. The van der Waals surface area contributed by atoms with Crippen molar-refractivity contribution in [1.29, 1.82) is 0 Å². The summed E-state index contributed by atoms with van der Waals surface area (Å²) < 4.78 is 4.43. The van der Waals surface area contributed by atoms with Gasteiger partial charge in [0, 0.05) is 33.4 Å². The first-order valence-corrected chi connectivity index (χ1v) is 8.47. The number of nitrogens with zero attached hydrogens (tertiary/aromatic N) is 5. The lowest BCUT2D eigenvalue weighted by molar-refractivity contribution is 0.362. The molecular formula is C14H21N5O2S. The molecule has 8 heteroatoms. The predicted molar refractivity (Wildman–Crippen MR) is 87.6 cm³/mol. The molecule has 22 heavy (non-hydrogen) atoms. The molecule has 0 aromatic carbocycles. The number of thioether (sulfide) groups is 1. The Kier molecular flexibility index (Phi) is 4.14. The van der Waals surface area contributed by atoms with Gasteiger partial charge in [0.15, 0.2) is 16.3 Å². The molecule has 0 unspecified atom stereocenters. The number of hydrogen-bond donors (Lipinski definition) is 0. The van der Waals surface area contributed by atoms with Crippen LogP contribution in [-0.2, 0) is 21.1 Å². The molecule has 3 heterocycles. The molecule has 0 bridgehead atoms. The average molecular weight is 323 g/mol. The Morgan fingerprint density at radius 2 is 1.73 bits per heavy atom. The largest absolute Gasteiger partial charge is 0.332 e. The highest BCUT2D eigenvalue weighted by Gasteiger charge is 2.17. The average Bonchev–Trinajstić information content (AvgIpc) is 3.12. The molecule has 0 spiro atoms. The Morgan fingerprint density at radius 3 is 2.41 bits per heavy atom. The van der Waals surface area contributed by atoms with Gasteiger partial charge in [0.05, 0.1) is 0 Å². The van der Waals surface area contributed by atoms with Gasteiger partial charge in [0.25, 0.3) is 5.56 Å². The quantitative estimate of drug-likeness (QED) is 0.750. The number of imidazole rings is 1. The van der Waals surface area contributed by atoms with E-state index in [1.807, 2.05) is 11.6 Å². The summed E-state index contributed by atoms with van der Waals surface area (Å²) in [5, 5.41) is 0.785. The molecule has 1 aliphatic rings. The minimum absolute atomic E-state index is 0.325. The second-order valence-electron chi connectivity index (χ2n) is 5.73. The molecule has 3 rings (SSSR count). The molecular weight excluding hydrogens is 302 g/mol. The lowest BCUT2D eigenvalue weighted by Gasteiger charge is -2.13. The van der Waals surface area contributed by atoms with Crippen LogP contribution in [0.4, 0.5) is 0 Å². The molecule has 0 N–H and O–H groups in total. The van der Waals surface area contributed by atoms with Gasteiger partial charge in [-0.05, 0) is 25.9 Å². The predicted octanol–water partition coefficient (Wildman–Crippen LogP) is 0.159. The van der Waals surface area contributed by atoms with Gasteiger partial charge in [-0.1, -0.05) is 11.8 Å². The maximum Gasteiger partial charge on any atom is 0.332 e. The van der Waals surface area contributed by atoms with Crippen molar-refractivity contribution in [3.63, 3.8) is 0 Å². The molecule has 0 radical (unpaired) electrons. The summed E-state index contributed by atoms with van der Waals surface area (Å²) >= 11 is 1.64. The molecule has 1 fully saturated rings. The molecule has 0 aliphatic carbocycles.